The van der Waals surface area contributed by atoms with Crippen LogP contribution in [-0.4, -0.2) is 36.0 Å². The number of ether oxygens (including phenoxy) is 2. The molecular weight excluding hydrogens is 356 g/mol. The van der Waals surface area contributed by atoms with E-state index in [1.54, 1.807) is 6.92 Å². The Labute approximate surface area is 157 Å². The zero-order valence-electron chi connectivity index (χ0n) is 15.9. The van der Waals surface area contributed by atoms with Crippen LogP contribution in [0, 0.1) is 11.6 Å². The second-order valence-electron chi connectivity index (χ2n) is 6.77. The van der Waals surface area contributed by atoms with Crippen molar-refractivity contribution in [3.05, 3.63) is 41.7 Å². The summed E-state index contributed by atoms with van der Waals surface area (Å²) in [7, 11) is 1.28. The van der Waals surface area contributed by atoms with Crippen LogP contribution in [0.4, 0.5) is 8.78 Å². The number of unbranched alkanes of at least 4 members (excludes halogenated alkanes) is 3. The maximum atomic E-state index is 13.8. The molecule has 0 aromatic heterocycles. The largest absolute Gasteiger partial charge is 0.467 e. The number of nitrogens with zero attached hydrogens (tertiary/aromatic N) is 1. The van der Waals surface area contributed by atoms with Crippen LogP contribution in [0.3, 0.4) is 0 Å². The van der Waals surface area contributed by atoms with E-state index in [2.05, 4.69) is 6.92 Å². The summed E-state index contributed by atoms with van der Waals surface area (Å²) >= 11 is 0. The number of rotatable bonds is 9. The van der Waals surface area contributed by atoms with Crippen LogP contribution in [-0.2, 0) is 14.3 Å². The van der Waals surface area contributed by atoms with Crippen LogP contribution in [0.25, 0.3) is 0 Å². The third-order valence-corrected chi connectivity index (χ3v) is 4.76. The molecule has 1 aliphatic rings. The monoisotopic (exact) mass is 381 g/mol. The van der Waals surface area contributed by atoms with Gasteiger partial charge < -0.3 is 14.4 Å². The van der Waals surface area contributed by atoms with Crippen molar-refractivity contribution in [2.45, 2.75) is 51.5 Å². The molecule has 1 atom stereocenters. The fraction of sp³-hybridized carbons (Fsp3) is 0.500. The van der Waals surface area contributed by atoms with Gasteiger partial charge >= 0.3 is 5.97 Å². The van der Waals surface area contributed by atoms with Crippen LogP contribution in [0.2, 0.25) is 0 Å². The van der Waals surface area contributed by atoms with Gasteiger partial charge in [-0.2, -0.15) is 4.39 Å². The molecule has 0 saturated heterocycles. The average Bonchev–Trinajstić information content (AvgIpc) is 3.02. The molecule has 0 bridgehead atoms. The maximum Gasteiger partial charge on any atom is 0.331 e. The van der Waals surface area contributed by atoms with Gasteiger partial charge in [-0.1, -0.05) is 38.7 Å². The van der Waals surface area contributed by atoms with Gasteiger partial charge in [-0.3, -0.25) is 4.79 Å². The second-order valence-corrected chi connectivity index (χ2v) is 6.77. The van der Waals surface area contributed by atoms with E-state index in [1.807, 2.05) is 0 Å². The summed E-state index contributed by atoms with van der Waals surface area (Å²) in [5.41, 5.74) is -1.15. The molecule has 0 N–H and O–H groups in total. The van der Waals surface area contributed by atoms with Crippen LogP contribution < -0.4 is 4.74 Å². The molecule has 148 valence electrons. The number of halogens is 2. The van der Waals surface area contributed by atoms with Crippen LogP contribution in [0.15, 0.2) is 30.0 Å². The number of benzene rings is 1. The number of amides is 1. The molecule has 1 aromatic rings. The Bertz CT molecular complexity index is 735. The summed E-state index contributed by atoms with van der Waals surface area (Å²) in [4.78, 5) is 26.2. The fourth-order valence-corrected chi connectivity index (χ4v) is 3.14. The van der Waals surface area contributed by atoms with Crippen molar-refractivity contribution >= 4 is 11.9 Å². The predicted molar refractivity (Wildman–Crippen MR) is 96.0 cm³/mol. The van der Waals surface area contributed by atoms with Gasteiger partial charge in [-0.25, -0.2) is 9.18 Å². The van der Waals surface area contributed by atoms with Gasteiger partial charge in [0, 0.05) is 6.08 Å². The van der Waals surface area contributed by atoms with Gasteiger partial charge in [0.1, 0.15) is 11.3 Å². The molecule has 1 heterocycles. The molecule has 0 spiro atoms. The molecular formula is C20H25F2NO4. The van der Waals surface area contributed by atoms with E-state index in [9.17, 15) is 18.4 Å². The number of methoxy groups -OCH3 is 1. The Morgan fingerprint density at radius 3 is 2.67 bits per heavy atom. The van der Waals surface area contributed by atoms with E-state index in [0.717, 1.165) is 31.7 Å². The van der Waals surface area contributed by atoms with Crippen molar-refractivity contribution in [1.29, 1.82) is 0 Å². The number of carbonyl (C=O) groups is 2. The maximum absolute atomic E-state index is 13.8. The van der Waals surface area contributed by atoms with Gasteiger partial charge in [-0.15, -0.1) is 0 Å². The number of esters is 1. The third kappa shape index (κ3) is 4.64. The summed E-state index contributed by atoms with van der Waals surface area (Å²) in [6, 6.07) is 3.57. The fourth-order valence-electron chi connectivity index (χ4n) is 3.14. The molecule has 5 nitrogen and oxygen atoms in total. The van der Waals surface area contributed by atoms with Crippen molar-refractivity contribution < 1.29 is 27.8 Å². The molecule has 0 aliphatic carbocycles. The third-order valence-electron chi connectivity index (χ3n) is 4.76. The van der Waals surface area contributed by atoms with Crippen molar-refractivity contribution in [3.63, 3.8) is 0 Å². The van der Waals surface area contributed by atoms with Gasteiger partial charge in [0.25, 0.3) is 5.91 Å². The Kier molecular flexibility index (Phi) is 6.93. The highest BCUT2D eigenvalue weighted by atomic mass is 19.2. The lowest BCUT2D eigenvalue weighted by atomic mass is 9.92. The molecule has 1 amide bonds. The molecule has 1 unspecified atom stereocenters. The lowest BCUT2D eigenvalue weighted by molar-refractivity contribution is -0.159. The molecule has 1 aliphatic heterocycles. The first-order valence-electron chi connectivity index (χ1n) is 9.06. The second kappa shape index (κ2) is 8.97. The van der Waals surface area contributed by atoms with Crippen LogP contribution in [0.5, 0.6) is 5.75 Å². The molecule has 1 aromatic carbocycles. The minimum absolute atomic E-state index is 0.0197. The van der Waals surface area contributed by atoms with E-state index >= 15 is 0 Å². The molecule has 2 rings (SSSR count). The smallest absolute Gasteiger partial charge is 0.331 e. The number of hydrogen-bond acceptors (Lipinski definition) is 4. The highest BCUT2D eigenvalue weighted by Gasteiger charge is 2.45. The highest BCUT2D eigenvalue weighted by Crippen LogP contribution is 2.31. The summed E-state index contributed by atoms with van der Waals surface area (Å²) < 4.78 is 37.4. The van der Waals surface area contributed by atoms with Crippen LogP contribution >= 0.6 is 0 Å². The lowest BCUT2D eigenvalue weighted by Crippen LogP contribution is -2.54. The minimum Gasteiger partial charge on any atom is -0.467 e. The molecule has 27 heavy (non-hydrogen) atoms. The first-order chi connectivity index (χ1) is 12.8. The summed E-state index contributed by atoms with van der Waals surface area (Å²) in [6.45, 7) is 3.72. The van der Waals surface area contributed by atoms with Gasteiger partial charge in [0.2, 0.25) is 5.82 Å². The predicted octanol–water partition coefficient (Wildman–Crippen LogP) is 3.97. The van der Waals surface area contributed by atoms with E-state index in [0.29, 0.717) is 6.42 Å². The SMILES string of the molecule is CCCCCCC(C)(C(=O)OC)N1CC(Oc2cccc(F)c2F)=CC1=O. The standard InChI is InChI=1S/C20H25F2NO4/c1-4-5-6-7-11-20(2,19(25)26-3)23-13-14(12-17(23)24)27-16-10-8-9-15(21)18(16)22/h8-10,12H,4-7,11,13H2,1-3H3. The highest BCUT2D eigenvalue weighted by molar-refractivity contribution is 5.96. The lowest BCUT2D eigenvalue weighted by Gasteiger charge is -2.36. The molecule has 0 saturated carbocycles. The van der Waals surface area contributed by atoms with Crippen molar-refractivity contribution in [2.75, 3.05) is 13.7 Å². The van der Waals surface area contributed by atoms with Crippen molar-refractivity contribution in [1.82, 2.24) is 4.90 Å². The van der Waals surface area contributed by atoms with E-state index in [-0.39, 0.29) is 18.1 Å². The van der Waals surface area contributed by atoms with Gasteiger partial charge in [0.15, 0.2) is 11.6 Å². The molecule has 0 radical (unpaired) electrons. The Morgan fingerprint density at radius 1 is 1.26 bits per heavy atom. The molecule has 7 heteroatoms. The van der Waals surface area contributed by atoms with Gasteiger partial charge in [-0.05, 0) is 25.5 Å². The topological polar surface area (TPSA) is 55.8 Å². The normalized spacial score (nSPS) is 16.1. The number of hydrogen-bond donors (Lipinski definition) is 0. The van der Waals surface area contributed by atoms with Crippen LogP contribution in [0.1, 0.15) is 46.0 Å². The summed E-state index contributed by atoms with van der Waals surface area (Å²) in [5, 5.41) is 0. The van der Waals surface area contributed by atoms with E-state index < -0.39 is 29.0 Å². The average molecular weight is 381 g/mol. The molecule has 0 fully saturated rings. The van der Waals surface area contributed by atoms with E-state index in [1.165, 1.54) is 30.2 Å². The van der Waals surface area contributed by atoms with E-state index in [4.69, 9.17) is 9.47 Å². The first-order valence-corrected chi connectivity index (χ1v) is 9.06. The zero-order chi connectivity index (χ0) is 20.0. The van der Waals surface area contributed by atoms with Crippen molar-refractivity contribution in [3.8, 4) is 5.75 Å². The zero-order valence-corrected chi connectivity index (χ0v) is 15.9. The Balaban J connectivity index is 2.14. The Morgan fingerprint density at radius 2 is 2.00 bits per heavy atom. The summed E-state index contributed by atoms with van der Waals surface area (Å²) in [6.07, 6.45) is 5.43. The first kappa shape index (κ1) is 20.9. The summed E-state index contributed by atoms with van der Waals surface area (Å²) in [5.74, 6) is -3.26. The number of carbonyl (C=O) groups excluding carboxylic acids is 2. The van der Waals surface area contributed by atoms with Gasteiger partial charge in [0.05, 0.1) is 13.7 Å². The minimum atomic E-state index is -1.15. The Hall–Kier alpha value is -2.44. The quantitative estimate of drug-likeness (QED) is 0.480. The van der Waals surface area contributed by atoms with Crippen molar-refractivity contribution in [2.24, 2.45) is 0 Å².